The number of carbonyl (C=O) groups excluding carboxylic acids is 1. The van der Waals surface area contributed by atoms with Crippen LogP contribution in [-0.2, 0) is 9.53 Å². The smallest absolute Gasteiger partial charge is 0.378 e. The van der Waals surface area contributed by atoms with Crippen LogP contribution in [0.25, 0.3) is 0 Å². The third-order valence-electron chi connectivity index (χ3n) is 11.0. The number of aliphatic hydroxyl groups is 4. The quantitative estimate of drug-likeness (QED) is 0.312. The van der Waals surface area contributed by atoms with Gasteiger partial charge in [-0.05, 0) is 69.1 Å². The number of hydrogen-bond acceptors (Lipinski definition) is 6. The Morgan fingerprint density at radius 1 is 0.611 bits per heavy atom. The summed E-state index contributed by atoms with van der Waals surface area (Å²) in [5.41, 5.74) is -5.14. The van der Waals surface area contributed by atoms with Crippen molar-refractivity contribution >= 4 is 5.97 Å². The summed E-state index contributed by atoms with van der Waals surface area (Å²) in [4.78, 5) is 13.0. The van der Waals surface area contributed by atoms with Crippen molar-refractivity contribution in [3.05, 3.63) is 11.5 Å². The summed E-state index contributed by atoms with van der Waals surface area (Å²) in [5, 5.41) is 49.3. The van der Waals surface area contributed by atoms with Gasteiger partial charge in [-0.3, -0.25) is 0 Å². The lowest BCUT2D eigenvalue weighted by Crippen LogP contribution is -2.78. The molecule has 0 aromatic carbocycles. The van der Waals surface area contributed by atoms with E-state index in [0.717, 1.165) is 116 Å². The Labute approximate surface area is 216 Å². The van der Waals surface area contributed by atoms with Gasteiger partial charge in [-0.1, -0.05) is 77.0 Å². The molecule has 5 aliphatic rings. The van der Waals surface area contributed by atoms with E-state index in [2.05, 4.69) is 0 Å². The van der Waals surface area contributed by atoms with E-state index in [0.29, 0.717) is 12.8 Å². The van der Waals surface area contributed by atoms with E-state index in [1.165, 1.54) is 0 Å². The van der Waals surface area contributed by atoms with E-state index in [1.807, 2.05) is 0 Å². The highest BCUT2D eigenvalue weighted by Crippen LogP contribution is 2.63. The molecule has 4 fully saturated rings. The van der Waals surface area contributed by atoms with Crippen molar-refractivity contribution < 1.29 is 30.0 Å². The van der Waals surface area contributed by atoms with Gasteiger partial charge in [-0.2, -0.15) is 0 Å². The molecule has 1 aliphatic heterocycles. The van der Waals surface area contributed by atoms with Gasteiger partial charge in [0.1, 0.15) is 11.2 Å². The highest BCUT2D eigenvalue weighted by molar-refractivity contribution is 5.90. The van der Waals surface area contributed by atoms with Gasteiger partial charge in [0.05, 0.1) is 0 Å². The number of esters is 1. The fourth-order valence-corrected chi connectivity index (χ4v) is 9.36. The molecule has 1 heterocycles. The van der Waals surface area contributed by atoms with Crippen molar-refractivity contribution in [2.75, 3.05) is 0 Å². The van der Waals surface area contributed by atoms with Gasteiger partial charge in [0.25, 0.3) is 0 Å². The second-order valence-corrected chi connectivity index (χ2v) is 12.8. The van der Waals surface area contributed by atoms with E-state index >= 15 is 0 Å². The topological polar surface area (TPSA) is 107 Å². The summed E-state index contributed by atoms with van der Waals surface area (Å²) in [7, 11) is 0. The summed E-state index contributed by atoms with van der Waals surface area (Å²) in [6, 6.07) is 0. The summed E-state index contributed by atoms with van der Waals surface area (Å²) < 4.78 is 6.14. The average Bonchev–Trinajstić information content (AvgIpc) is 3.19. The first-order chi connectivity index (χ1) is 17.4. The number of hydrogen-bond donors (Lipinski definition) is 4. The molecule has 0 amide bonds. The number of carbonyl (C=O) groups is 1. The van der Waals surface area contributed by atoms with Crippen molar-refractivity contribution in [2.45, 2.75) is 145 Å². The molecule has 0 aromatic heterocycles. The van der Waals surface area contributed by atoms with Crippen LogP contribution in [0.4, 0.5) is 0 Å². The third-order valence-corrected chi connectivity index (χ3v) is 11.0. The molecule has 204 valence electrons. The molecular formula is C30H48O6. The minimum absolute atomic E-state index is 0.115. The lowest BCUT2D eigenvalue weighted by atomic mass is 9.48. The standard InChI is InChI=1S/C30H48O6/c31-25-26(32)29(36-27(25)33,23-17-9-3-10-18-23)30(35,24-19-11-4-12-20-24)28(34,21-13-5-1-6-14-21)22-15-7-2-8-16-22/h21-24,31-32,34-35H,1-20H2/t29-,30-/m0/s1. The first-order valence-corrected chi connectivity index (χ1v) is 15.2. The zero-order valence-electron chi connectivity index (χ0n) is 22.1. The van der Waals surface area contributed by atoms with E-state index in [-0.39, 0.29) is 23.7 Å². The zero-order chi connectivity index (χ0) is 25.4. The van der Waals surface area contributed by atoms with Crippen LogP contribution in [0.2, 0.25) is 0 Å². The molecule has 0 aromatic rings. The van der Waals surface area contributed by atoms with E-state index in [4.69, 9.17) is 4.74 Å². The Balaban J connectivity index is 1.74. The van der Waals surface area contributed by atoms with Gasteiger partial charge >= 0.3 is 5.97 Å². The lowest BCUT2D eigenvalue weighted by Gasteiger charge is -2.63. The molecule has 4 saturated carbocycles. The average molecular weight is 505 g/mol. The number of ether oxygens (including phenoxy) is 1. The maximum absolute atomic E-state index is 13.5. The molecular weight excluding hydrogens is 456 g/mol. The van der Waals surface area contributed by atoms with Crippen LogP contribution in [0, 0.1) is 23.7 Å². The van der Waals surface area contributed by atoms with Gasteiger partial charge in [0.15, 0.2) is 5.76 Å². The maximum Gasteiger partial charge on any atom is 0.378 e. The molecule has 0 spiro atoms. The van der Waals surface area contributed by atoms with Crippen molar-refractivity contribution in [3.8, 4) is 0 Å². The number of cyclic esters (lactones) is 1. The van der Waals surface area contributed by atoms with Crippen molar-refractivity contribution in [1.82, 2.24) is 0 Å². The SMILES string of the molecule is O=C1O[C@](C2CCCCC2)([C@](O)(C2CCCCC2)C(O)(C2CCCCC2)C2CCCCC2)C(O)=C1O. The van der Waals surface area contributed by atoms with Crippen molar-refractivity contribution in [3.63, 3.8) is 0 Å². The number of rotatable bonds is 6. The van der Waals surface area contributed by atoms with Crippen LogP contribution in [-0.4, -0.2) is 43.2 Å². The Morgan fingerprint density at radius 2 is 1.00 bits per heavy atom. The largest absolute Gasteiger partial charge is 0.505 e. The molecule has 5 rings (SSSR count). The lowest BCUT2D eigenvalue weighted by molar-refractivity contribution is -0.319. The van der Waals surface area contributed by atoms with Crippen LogP contribution in [0.1, 0.15) is 128 Å². The van der Waals surface area contributed by atoms with E-state index in [9.17, 15) is 25.2 Å². The Hall–Kier alpha value is -1.27. The third kappa shape index (κ3) is 3.92. The fourth-order valence-electron chi connectivity index (χ4n) is 9.36. The van der Waals surface area contributed by atoms with Gasteiger partial charge in [-0.15, -0.1) is 0 Å². The minimum Gasteiger partial charge on any atom is -0.505 e. The molecule has 6 heteroatoms. The van der Waals surface area contributed by atoms with Crippen molar-refractivity contribution in [1.29, 1.82) is 0 Å². The van der Waals surface area contributed by atoms with Gasteiger partial charge in [0.2, 0.25) is 11.4 Å². The molecule has 6 nitrogen and oxygen atoms in total. The highest BCUT2D eigenvalue weighted by Gasteiger charge is 2.76. The molecule has 4 N–H and O–H groups in total. The monoisotopic (exact) mass is 504 g/mol. The van der Waals surface area contributed by atoms with Gasteiger partial charge in [-0.25, -0.2) is 4.79 Å². The maximum atomic E-state index is 13.5. The minimum atomic E-state index is -1.85. The second-order valence-electron chi connectivity index (χ2n) is 12.8. The summed E-state index contributed by atoms with van der Waals surface area (Å²) >= 11 is 0. The van der Waals surface area contributed by atoms with E-state index in [1.54, 1.807) is 0 Å². The van der Waals surface area contributed by atoms with E-state index < -0.39 is 34.3 Å². The summed E-state index contributed by atoms with van der Waals surface area (Å²) in [6.45, 7) is 0. The predicted octanol–water partition coefficient (Wildman–Crippen LogP) is 6.39. The Kier molecular flexibility index (Phi) is 7.67. The molecule has 0 radical (unpaired) electrons. The first-order valence-electron chi connectivity index (χ1n) is 15.2. The molecule has 0 unspecified atom stereocenters. The summed E-state index contributed by atoms with van der Waals surface area (Å²) in [6.07, 6.45) is 18.5. The van der Waals surface area contributed by atoms with Crippen LogP contribution in [0.5, 0.6) is 0 Å². The molecule has 0 bridgehead atoms. The van der Waals surface area contributed by atoms with Crippen LogP contribution >= 0.6 is 0 Å². The van der Waals surface area contributed by atoms with Crippen molar-refractivity contribution in [2.24, 2.45) is 23.7 Å². The number of aliphatic hydroxyl groups excluding tert-OH is 2. The van der Waals surface area contributed by atoms with Crippen LogP contribution < -0.4 is 0 Å². The Bertz CT molecular complexity index is 795. The van der Waals surface area contributed by atoms with Crippen LogP contribution in [0.15, 0.2) is 11.5 Å². The molecule has 2 atom stereocenters. The molecule has 0 saturated heterocycles. The molecule has 4 aliphatic carbocycles. The predicted molar refractivity (Wildman–Crippen MR) is 137 cm³/mol. The van der Waals surface area contributed by atoms with Gasteiger partial charge in [0, 0.05) is 5.92 Å². The fraction of sp³-hybridized carbons (Fsp3) is 0.900. The van der Waals surface area contributed by atoms with Crippen LogP contribution in [0.3, 0.4) is 0 Å². The normalized spacial score (nSPS) is 32.4. The first kappa shape index (κ1) is 26.3. The summed E-state index contributed by atoms with van der Waals surface area (Å²) in [5.74, 6) is -3.11. The Morgan fingerprint density at radius 3 is 1.39 bits per heavy atom. The molecule has 36 heavy (non-hydrogen) atoms. The zero-order valence-corrected chi connectivity index (χ0v) is 22.1. The van der Waals surface area contributed by atoms with Gasteiger partial charge < -0.3 is 25.2 Å². The highest BCUT2D eigenvalue weighted by atomic mass is 16.6. The second kappa shape index (κ2) is 10.5.